The summed E-state index contributed by atoms with van der Waals surface area (Å²) in [5.41, 5.74) is 0. The van der Waals surface area contributed by atoms with Crippen molar-refractivity contribution in [3.05, 3.63) is 11.6 Å². The fraction of sp³-hybridized carbons (Fsp3) is 0.750. The van der Waals surface area contributed by atoms with Crippen molar-refractivity contribution in [3.63, 3.8) is 0 Å². The summed E-state index contributed by atoms with van der Waals surface area (Å²) in [7, 11) is 0. The Morgan fingerprint density at radius 2 is 2.42 bits per heavy atom. The van der Waals surface area contributed by atoms with Crippen LogP contribution in [0.4, 0.5) is 0 Å². The minimum absolute atomic E-state index is 0.390. The van der Waals surface area contributed by atoms with Crippen molar-refractivity contribution >= 4 is 0 Å². The Balaban J connectivity index is 2.43. The minimum atomic E-state index is -0.390. The third-order valence-electron chi connectivity index (χ3n) is 2.31. The van der Waals surface area contributed by atoms with Crippen molar-refractivity contribution < 1.29 is 5.11 Å². The quantitative estimate of drug-likeness (QED) is 0.668. The zero-order valence-electron chi connectivity index (χ0n) is 7.19. The topological polar surface area (TPSA) is 50.9 Å². The van der Waals surface area contributed by atoms with Gasteiger partial charge in [0.15, 0.2) is 0 Å². The van der Waals surface area contributed by atoms with Crippen LogP contribution in [0.5, 0.6) is 0 Å². The molecule has 1 N–H and O–H groups in total. The maximum Gasteiger partial charge on any atom is 0.135 e. The van der Waals surface area contributed by atoms with E-state index in [0.29, 0.717) is 0 Å². The first kappa shape index (κ1) is 7.73. The van der Waals surface area contributed by atoms with Crippen LogP contribution in [0.1, 0.15) is 37.6 Å². The molecule has 1 aromatic rings. The van der Waals surface area contributed by atoms with Gasteiger partial charge in [0.2, 0.25) is 0 Å². The lowest BCUT2D eigenvalue weighted by molar-refractivity contribution is 0.0751. The van der Waals surface area contributed by atoms with E-state index in [1.807, 2.05) is 11.5 Å². The minimum Gasteiger partial charge on any atom is -0.373 e. The van der Waals surface area contributed by atoms with Gasteiger partial charge in [0.1, 0.15) is 17.9 Å². The van der Waals surface area contributed by atoms with Crippen LogP contribution >= 0.6 is 0 Å². The van der Waals surface area contributed by atoms with E-state index in [9.17, 15) is 5.11 Å². The summed E-state index contributed by atoms with van der Waals surface area (Å²) >= 11 is 0. The van der Waals surface area contributed by atoms with Gasteiger partial charge in [0, 0.05) is 12.8 Å². The third kappa shape index (κ3) is 1.03. The van der Waals surface area contributed by atoms with Gasteiger partial charge >= 0.3 is 0 Å². The summed E-state index contributed by atoms with van der Waals surface area (Å²) in [5.74, 6) is 1.84. The van der Waals surface area contributed by atoms with Crippen LogP contribution in [-0.4, -0.2) is 19.9 Å². The number of hydrogen-bond donors (Lipinski definition) is 1. The van der Waals surface area contributed by atoms with Gasteiger partial charge in [-0.25, -0.2) is 0 Å². The molecule has 0 bridgehead atoms. The molecule has 0 aliphatic carbocycles. The predicted molar refractivity (Wildman–Crippen MR) is 43.6 cm³/mol. The molecule has 0 spiro atoms. The summed E-state index contributed by atoms with van der Waals surface area (Å²) in [6, 6.07) is 0. The number of aliphatic hydroxyl groups is 1. The molecule has 1 aliphatic heterocycles. The number of aryl methyl sites for hydroxylation is 2. The van der Waals surface area contributed by atoms with Crippen molar-refractivity contribution in [2.45, 2.75) is 38.8 Å². The maximum absolute atomic E-state index is 9.65. The Bertz CT molecular complexity index is 268. The average molecular weight is 167 g/mol. The van der Waals surface area contributed by atoms with Gasteiger partial charge in [-0.15, -0.1) is 10.2 Å². The molecule has 12 heavy (non-hydrogen) atoms. The first-order valence-corrected chi connectivity index (χ1v) is 4.43. The smallest absolute Gasteiger partial charge is 0.135 e. The number of fused-ring (bicyclic) bond motifs is 1. The second-order valence-corrected chi connectivity index (χ2v) is 3.13. The largest absolute Gasteiger partial charge is 0.373 e. The normalized spacial score (nSPS) is 22.3. The summed E-state index contributed by atoms with van der Waals surface area (Å²) in [6.45, 7) is 2.03. The Morgan fingerprint density at radius 1 is 1.58 bits per heavy atom. The molecular formula is C8H13N3O. The zero-order valence-corrected chi connectivity index (χ0v) is 7.19. The number of aromatic nitrogens is 3. The highest BCUT2D eigenvalue weighted by Crippen LogP contribution is 2.22. The molecule has 0 aromatic carbocycles. The van der Waals surface area contributed by atoms with Crippen molar-refractivity contribution in [1.82, 2.24) is 14.8 Å². The molecule has 0 fully saturated rings. The summed E-state index contributed by atoms with van der Waals surface area (Å²) < 4.78 is 1.86. The second kappa shape index (κ2) is 2.86. The van der Waals surface area contributed by atoms with Crippen LogP contribution in [0.3, 0.4) is 0 Å². The zero-order chi connectivity index (χ0) is 8.55. The molecule has 0 saturated carbocycles. The summed E-state index contributed by atoms with van der Waals surface area (Å²) in [4.78, 5) is 0. The van der Waals surface area contributed by atoms with Crippen molar-refractivity contribution in [1.29, 1.82) is 0 Å². The second-order valence-electron chi connectivity index (χ2n) is 3.13. The SMILES string of the molecule is CCc1nnc2n1C(O)CCC2. The molecule has 1 atom stereocenters. The molecule has 4 heteroatoms. The molecular weight excluding hydrogens is 154 g/mol. The predicted octanol–water partition coefficient (Wildman–Crippen LogP) is 0.668. The standard InChI is InChI=1S/C8H13N3O/c1-2-6-9-10-7-4-3-5-8(12)11(6)7/h8,12H,2-5H2,1H3. The van der Waals surface area contributed by atoms with E-state index in [-0.39, 0.29) is 0 Å². The highest BCUT2D eigenvalue weighted by atomic mass is 16.3. The van der Waals surface area contributed by atoms with Gasteiger partial charge in [-0.3, -0.25) is 4.57 Å². The molecule has 0 radical (unpaired) electrons. The first-order valence-electron chi connectivity index (χ1n) is 4.43. The fourth-order valence-electron chi connectivity index (χ4n) is 1.69. The van der Waals surface area contributed by atoms with Crippen molar-refractivity contribution in [2.24, 2.45) is 0 Å². The molecule has 2 heterocycles. The van der Waals surface area contributed by atoms with Gasteiger partial charge in [0.25, 0.3) is 0 Å². The lowest BCUT2D eigenvalue weighted by atomic mass is 10.1. The van der Waals surface area contributed by atoms with E-state index in [4.69, 9.17) is 0 Å². The van der Waals surface area contributed by atoms with Gasteiger partial charge in [-0.2, -0.15) is 0 Å². The number of nitrogens with zero attached hydrogens (tertiary/aromatic N) is 3. The fourth-order valence-corrected chi connectivity index (χ4v) is 1.69. The number of rotatable bonds is 1. The lowest BCUT2D eigenvalue weighted by Gasteiger charge is -2.20. The van der Waals surface area contributed by atoms with Crippen LogP contribution in [0, 0.1) is 0 Å². The van der Waals surface area contributed by atoms with E-state index >= 15 is 0 Å². The molecule has 1 aliphatic rings. The average Bonchev–Trinajstić information content (AvgIpc) is 2.49. The summed E-state index contributed by atoms with van der Waals surface area (Å²) in [6.07, 6.45) is 3.24. The first-order chi connectivity index (χ1) is 5.83. The van der Waals surface area contributed by atoms with Crippen LogP contribution in [0.15, 0.2) is 0 Å². The molecule has 0 amide bonds. The van der Waals surface area contributed by atoms with E-state index in [1.165, 1.54) is 0 Å². The number of hydrogen-bond acceptors (Lipinski definition) is 3. The van der Waals surface area contributed by atoms with Crippen LogP contribution < -0.4 is 0 Å². The molecule has 66 valence electrons. The van der Waals surface area contributed by atoms with Crippen LogP contribution in [-0.2, 0) is 12.8 Å². The Labute approximate surface area is 71.2 Å². The van der Waals surface area contributed by atoms with Gasteiger partial charge in [0.05, 0.1) is 0 Å². The van der Waals surface area contributed by atoms with Crippen LogP contribution in [0.2, 0.25) is 0 Å². The van der Waals surface area contributed by atoms with Crippen molar-refractivity contribution in [2.75, 3.05) is 0 Å². The monoisotopic (exact) mass is 167 g/mol. The van der Waals surface area contributed by atoms with E-state index in [0.717, 1.165) is 37.3 Å². The molecule has 1 unspecified atom stereocenters. The van der Waals surface area contributed by atoms with Gasteiger partial charge in [-0.1, -0.05) is 6.92 Å². The highest BCUT2D eigenvalue weighted by molar-refractivity contribution is 5.00. The van der Waals surface area contributed by atoms with E-state index < -0.39 is 6.23 Å². The van der Waals surface area contributed by atoms with Crippen molar-refractivity contribution in [3.8, 4) is 0 Å². The van der Waals surface area contributed by atoms with Crippen LogP contribution in [0.25, 0.3) is 0 Å². The highest BCUT2D eigenvalue weighted by Gasteiger charge is 2.21. The molecule has 1 aromatic heterocycles. The lowest BCUT2D eigenvalue weighted by Crippen LogP contribution is -2.19. The van der Waals surface area contributed by atoms with E-state index in [2.05, 4.69) is 10.2 Å². The Hall–Kier alpha value is -0.900. The maximum atomic E-state index is 9.65. The molecule has 0 saturated heterocycles. The Morgan fingerprint density at radius 3 is 3.17 bits per heavy atom. The molecule has 4 nitrogen and oxygen atoms in total. The number of aliphatic hydroxyl groups excluding tert-OH is 1. The van der Waals surface area contributed by atoms with E-state index in [1.54, 1.807) is 0 Å². The summed E-state index contributed by atoms with van der Waals surface area (Å²) in [5, 5.41) is 17.7. The van der Waals surface area contributed by atoms with Gasteiger partial charge < -0.3 is 5.11 Å². The van der Waals surface area contributed by atoms with Gasteiger partial charge in [-0.05, 0) is 12.8 Å². The molecule has 2 rings (SSSR count). The Kier molecular flexibility index (Phi) is 1.84. The third-order valence-corrected chi connectivity index (χ3v) is 2.31.